The highest BCUT2D eigenvalue weighted by atomic mass is 16.5. The molecule has 0 aromatic heterocycles. The van der Waals surface area contributed by atoms with E-state index in [4.69, 9.17) is 14.7 Å². The van der Waals surface area contributed by atoms with Crippen molar-refractivity contribution < 1.29 is 19.0 Å². The van der Waals surface area contributed by atoms with E-state index >= 15 is 0 Å². The average molecular weight is 323 g/mol. The lowest BCUT2D eigenvalue weighted by Crippen LogP contribution is -2.09. The summed E-state index contributed by atoms with van der Waals surface area (Å²) in [5, 5.41) is 8.77. The first kappa shape index (κ1) is 17.1. The highest BCUT2D eigenvalue weighted by Gasteiger charge is 2.03. The molecule has 0 aliphatic carbocycles. The van der Waals surface area contributed by atoms with Crippen LogP contribution in [0.4, 0.5) is 0 Å². The van der Waals surface area contributed by atoms with Gasteiger partial charge in [-0.3, -0.25) is 0 Å². The van der Waals surface area contributed by atoms with Crippen molar-refractivity contribution in [1.82, 2.24) is 0 Å². The number of nitriles is 1. The van der Waals surface area contributed by atoms with E-state index in [1.165, 1.54) is 13.2 Å². The minimum atomic E-state index is -0.420. The number of ether oxygens (including phenoxy) is 3. The van der Waals surface area contributed by atoms with Crippen LogP contribution in [0, 0.1) is 11.3 Å². The number of methoxy groups -OCH3 is 1. The number of rotatable bonds is 6. The Morgan fingerprint density at radius 3 is 2.12 bits per heavy atom. The van der Waals surface area contributed by atoms with Crippen molar-refractivity contribution in [2.75, 3.05) is 7.11 Å². The maximum Gasteiger partial charge on any atom is 0.330 e. The van der Waals surface area contributed by atoms with E-state index in [9.17, 15) is 4.79 Å². The van der Waals surface area contributed by atoms with E-state index in [0.29, 0.717) is 22.8 Å². The number of hydrogen-bond acceptors (Lipinski definition) is 5. The Hall–Kier alpha value is -3.26. The fourth-order valence-corrected chi connectivity index (χ4v) is 1.86. The largest absolute Gasteiger partial charge is 0.487 e. The number of esters is 1. The Bertz CT molecular complexity index is 742. The summed E-state index contributed by atoms with van der Waals surface area (Å²) in [6, 6.07) is 16.1. The number of benzene rings is 2. The second-order valence-electron chi connectivity index (χ2n) is 4.91. The van der Waals surface area contributed by atoms with Crippen LogP contribution in [0.15, 0.2) is 60.7 Å². The molecule has 1 atom stereocenters. The highest BCUT2D eigenvalue weighted by Crippen LogP contribution is 2.24. The van der Waals surface area contributed by atoms with E-state index in [2.05, 4.69) is 10.8 Å². The van der Waals surface area contributed by atoms with Crippen LogP contribution in [0.25, 0.3) is 0 Å². The summed E-state index contributed by atoms with van der Waals surface area (Å²) in [4.78, 5) is 11.0. The highest BCUT2D eigenvalue weighted by molar-refractivity contribution is 5.81. The van der Waals surface area contributed by atoms with Gasteiger partial charge >= 0.3 is 5.97 Å². The van der Waals surface area contributed by atoms with Gasteiger partial charge in [0.25, 0.3) is 0 Å². The van der Waals surface area contributed by atoms with Gasteiger partial charge in [0.1, 0.15) is 23.4 Å². The van der Waals surface area contributed by atoms with E-state index in [1.54, 1.807) is 54.6 Å². The van der Waals surface area contributed by atoms with Gasteiger partial charge in [-0.25, -0.2) is 4.79 Å². The number of nitrogens with zero attached hydrogens (tertiary/aromatic N) is 1. The summed E-state index contributed by atoms with van der Waals surface area (Å²) in [6.45, 7) is 1.82. The molecule has 2 rings (SSSR count). The van der Waals surface area contributed by atoms with Crippen molar-refractivity contribution in [3.8, 4) is 23.3 Å². The lowest BCUT2D eigenvalue weighted by molar-refractivity contribution is -0.134. The van der Waals surface area contributed by atoms with Gasteiger partial charge in [-0.05, 0) is 61.5 Å². The van der Waals surface area contributed by atoms with Crippen LogP contribution in [0.3, 0.4) is 0 Å². The van der Waals surface area contributed by atoms with Crippen molar-refractivity contribution >= 4 is 5.97 Å². The van der Waals surface area contributed by atoms with Crippen LogP contribution in [-0.4, -0.2) is 19.2 Å². The second-order valence-corrected chi connectivity index (χ2v) is 4.91. The van der Waals surface area contributed by atoms with Gasteiger partial charge in [-0.2, -0.15) is 5.26 Å². The van der Waals surface area contributed by atoms with Gasteiger partial charge < -0.3 is 14.2 Å². The van der Waals surface area contributed by atoms with Gasteiger partial charge in [0.15, 0.2) is 0 Å². The number of hydrogen-bond donors (Lipinski definition) is 0. The monoisotopic (exact) mass is 323 g/mol. The van der Waals surface area contributed by atoms with E-state index in [0.717, 1.165) is 0 Å². The van der Waals surface area contributed by atoms with Crippen molar-refractivity contribution in [2.24, 2.45) is 0 Å². The average Bonchev–Trinajstić information content (AvgIpc) is 2.62. The fourth-order valence-electron chi connectivity index (χ4n) is 1.86. The Morgan fingerprint density at radius 1 is 1.04 bits per heavy atom. The number of carbonyl (C=O) groups is 1. The zero-order chi connectivity index (χ0) is 17.4. The normalized spacial score (nSPS) is 11.5. The van der Waals surface area contributed by atoms with Gasteiger partial charge in [0.2, 0.25) is 0 Å². The summed E-state index contributed by atoms with van der Waals surface area (Å²) in [5.41, 5.74) is 0.583. The predicted octanol–water partition coefficient (Wildman–Crippen LogP) is 3.85. The molecule has 5 heteroatoms. The van der Waals surface area contributed by atoms with Crippen molar-refractivity contribution in [3.63, 3.8) is 0 Å². The zero-order valence-corrected chi connectivity index (χ0v) is 13.4. The minimum absolute atomic E-state index is 0.269. The van der Waals surface area contributed by atoms with E-state index < -0.39 is 5.97 Å². The molecule has 0 saturated heterocycles. The summed E-state index contributed by atoms with van der Waals surface area (Å²) in [5.74, 6) is 1.54. The maximum atomic E-state index is 11.0. The third-order valence-electron chi connectivity index (χ3n) is 3.07. The summed E-state index contributed by atoms with van der Waals surface area (Å²) in [7, 11) is 1.32. The molecular formula is C19H17NO4. The van der Waals surface area contributed by atoms with Crippen LogP contribution < -0.4 is 9.47 Å². The molecule has 122 valence electrons. The third-order valence-corrected chi connectivity index (χ3v) is 3.07. The lowest BCUT2D eigenvalue weighted by Gasteiger charge is -2.11. The topological polar surface area (TPSA) is 68.6 Å². The molecule has 0 aliphatic heterocycles. The van der Waals surface area contributed by atoms with Gasteiger partial charge in [0, 0.05) is 6.08 Å². The fraction of sp³-hybridized carbons (Fsp3) is 0.158. The first-order valence-corrected chi connectivity index (χ1v) is 7.31. The predicted molar refractivity (Wildman–Crippen MR) is 88.9 cm³/mol. The summed E-state index contributed by atoms with van der Waals surface area (Å²) in [6.07, 6.45) is 2.68. The van der Waals surface area contributed by atoms with Gasteiger partial charge in [-0.15, -0.1) is 0 Å². The van der Waals surface area contributed by atoms with Crippen LogP contribution in [0.1, 0.15) is 12.5 Å². The molecule has 2 aromatic carbocycles. The summed E-state index contributed by atoms with van der Waals surface area (Å²) >= 11 is 0. The molecule has 24 heavy (non-hydrogen) atoms. The molecule has 0 amide bonds. The molecule has 0 bridgehead atoms. The molecular weight excluding hydrogens is 306 g/mol. The molecule has 0 spiro atoms. The van der Waals surface area contributed by atoms with E-state index in [-0.39, 0.29) is 6.10 Å². The van der Waals surface area contributed by atoms with Crippen LogP contribution in [0.5, 0.6) is 17.2 Å². The van der Waals surface area contributed by atoms with Crippen molar-refractivity contribution in [2.45, 2.75) is 13.0 Å². The molecule has 0 N–H and O–H groups in total. The van der Waals surface area contributed by atoms with Gasteiger partial charge in [0.05, 0.1) is 18.7 Å². The molecule has 0 saturated carbocycles. The van der Waals surface area contributed by atoms with E-state index in [1.807, 2.05) is 6.92 Å². The Balaban J connectivity index is 1.93. The SMILES string of the molecule is COC(=O)C=CC(C)Oc1ccc(Oc2ccc(C#N)cc2)cc1. The number of carbonyl (C=O) groups excluding carboxylic acids is 1. The summed E-state index contributed by atoms with van der Waals surface area (Å²) < 4.78 is 15.9. The molecule has 5 nitrogen and oxygen atoms in total. The molecule has 0 heterocycles. The molecule has 0 radical (unpaired) electrons. The lowest BCUT2D eigenvalue weighted by atomic mass is 10.2. The molecule has 0 fully saturated rings. The standard InChI is InChI=1S/C19H17NO4/c1-14(3-12-19(21)22-2)23-16-8-10-18(11-9-16)24-17-6-4-15(13-20)5-7-17/h3-12,14H,1-2H3. The van der Waals surface area contributed by atoms with Crippen molar-refractivity contribution in [1.29, 1.82) is 5.26 Å². The Kier molecular flexibility index (Phi) is 5.98. The van der Waals surface area contributed by atoms with Crippen LogP contribution in [-0.2, 0) is 9.53 Å². The third kappa shape index (κ3) is 5.18. The smallest absolute Gasteiger partial charge is 0.330 e. The zero-order valence-electron chi connectivity index (χ0n) is 13.4. The van der Waals surface area contributed by atoms with Crippen LogP contribution >= 0.6 is 0 Å². The molecule has 1 unspecified atom stereocenters. The van der Waals surface area contributed by atoms with Gasteiger partial charge in [-0.1, -0.05) is 0 Å². The maximum absolute atomic E-state index is 11.0. The first-order chi connectivity index (χ1) is 11.6. The molecule has 2 aromatic rings. The Labute approximate surface area is 140 Å². The second kappa shape index (κ2) is 8.39. The van der Waals surface area contributed by atoms with Crippen LogP contribution in [0.2, 0.25) is 0 Å². The quantitative estimate of drug-likeness (QED) is 0.596. The first-order valence-electron chi connectivity index (χ1n) is 7.31. The minimum Gasteiger partial charge on any atom is -0.487 e. The Morgan fingerprint density at radius 2 is 1.58 bits per heavy atom. The molecule has 0 aliphatic rings. The van der Waals surface area contributed by atoms with Crippen molar-refractivity contribution in [3.05, 3.63) is 66.2 Å².